The third kappa shape index (κ3) is 4.64. The predicted octanol–water partition coefficient (Wildman–Crippen LogP) is 5.03. The van der Waals surface area contributed by atoms with Crippen LogP contribution in [0.3, 0.4) is 0 Å². The second-order valence-electron chi connectivity index (χ2n) is 8.12. The molecule has 2 atom stereocenters. The van der Waals surface area contributed by atoms with Gasteiger partial charge in [-0.05, 0) is 43.4 Å². The molecule has 132 valence electrons. The van der Waals surface area contributed by atoms with E-state index in [1.54, 1.807) is 0 Å². The quantitative estimate of drug-likeness (QED) is 0.747. The van der Waals surface area contributed by atoms with Crippen LogP contribution in [0.1, 0.15) is 59.6 Å². The monoisotopic (exact) mass is 345 g/mol. The van der Waals surface area contributed by atoms with Crippen molar-refractivity contribution in [3.05, 3.63) is 48.5 Å². The fourth-order valence-corrected chi connectivity index (χ4v) is 4.33. The Labute approximate surface area is 151 Å². The van der Waals surface area contributed by atoms with Crippen LogP contribution in [0.4, 0.5) is 0 Å². The molecule has 2 aromatic rings. The lowest BCUT2D eigenvalue weighted by Crippen LogP contribution is -2.47. The van der Waals surface area contributed by atoms with Gasteiger partial charge in [-0.1, -0.05) is 39.8 Å². The molecule has 0 bridgehead atoms. The average molecular weight is 346 g/mol. The third-order valence-corrected chi connectivity index (χ3v) is 6.11. The fourth-order valence-electron chi connectivity index (χ4n) is 2.95. The first-order valence-electron chi connectivity index (χ1n) is 8.66. The second kappa shape index (κ2) is 7.32. The molecular weight excluding hydrogens is 314 g/mol. The molecule has 3 nitrogen and oxygen atoms in total. The van der Waals surface area contributed by atoms with Crippen LogP contribution in [0.15, 0.2) is 47.9 Å². The Bertz CT molecular complexity index is 618. The molecule has 2 unspecified atom stereocenters. The molecule has 0 saturated heterocycles. The van der Waals surface area contributed by atoms with Gasteiger partial charge in [-0.15, -0.1) is 11.8 Å². The Kier molecular flexibility index (Phi) is 5.82. The van der Waals surface area contributed by atoms with Crippen molar-refractivity contribution in [2.24, 2.45) is 5.73 Å². The molecule has 0 spiro atoms. The van der Waals surface area contributed by atoms with E-state index in [9.17, 15) is 0 Å². The highest BCUT2D eigenvalue weighted by Gasteiger charge is 2.33. The number of aromatic nitrogens is 2. The zero-order valence-electron chi connectivity index (χ0n) is 15.8. The van der Waals surface area contributed by atoms with Crippen molar-refractivity contribution in [1.82, 2.24) is 9.55 Å². The van der Waals surface area contributed by atoms with Gasteiger partial charge in [-0.3, -0.25) is 0 Å². The maximum absolute atomic E-state index is 6.55. The minimum Gasteiger partial charge on any atom is -0.333 e. The van der Waals surface area contributed by atoms with E-state index in [4.69, 9.17) is 5.73 Å². The normalized spacial score (nSPS) is 15.3. The summed E-state index contributed by atoms with van der Waals surface area (Å²) in [4.78, 5) is 5.48. The number of nitrogens with two attached hydrogens (primary N) is 1. The fraction of sp³-hybridized carbons (Fsp3) is 0.550. The van der Waals surface area contributed by atoms with Crippen LogP contribution in [0, 0.1) is 0 Å². The summed E-state index contributed by atoms with van der Waals surface area (Å²) in [6.45, 7) is 13.2. The van der Waals surface area contributed by atoms with Gasteiger partial charge in [0, 0.05) is 34.1 Å². The molecule has 1 aromatic heterocycles. The zero-order valence-corrected chi connectivity index (χ0v) is 16.6. The lowest BCUT2D eigenvalue weighted by atomic mass is 9.87. The molecule has 0 fully saturated rings. The summed E-state index contributed by atoms with van der Waals surface area (Å²) in [5, 5.41) is 0.261. The standard InChI is InChI=1S/C20H31N3S/c1-7-17(23-13-12-22-14-23)18(20(5,6)21)24-16-10-8-15(9-11-16)19(2,3)4/h8-14,17-18H,7,21H2,1-6H3. The van der Waals surface area contributed by atoms with Gasteiger partial charge < -0.3 is 10.3 Å². The average Bonchev–Trinajstić information content (AvgIpc) is 3.00. The maximum atomic E-state index is 6.55. The Hall–Kier alpha value is -1.26. The summed E-state index contributed by atoms with van der Waals surface area (Å²) >= 11 is 1.87. The van der Waals surface area contributed by atoms with E-state index in [1.807, 2.05) is 30.5 Å². The number of nitrogens with zero attached hydrogens (tertiary/aromatic N) is 2. The summed E-state index contributed by atoms with van der Waals surface area (Å²) < 4.78 is 2.19. The topological polar surface area (TPSA) is 43.8 Å². The minimum atomic E-state index is -0.293. The van der Waals surface area contributed by atoms with Gasteiger partial charge in [0.15, 0.2) is 0 Å². The number of rotatable bonds is 6. The summed E-state index contributed by atoms with van der Waals surface area (Å²) in [5.41, 5.74) is 7.80. The van der Waals surface area contributed by atoms with Gasteiger partial charge >= 0.3 is 0 Å². The van der Waals surface area contributed by atoms with E-state index in [-0.39, 0.29) is 16.2 Å². The second-order valence-corrected chi connectivity index (χ2v) is 9.33. The number of imidazole rings is 1. The SMILES string of the molecule is CCC(C(Sc1ccc(C(C)(C)C)cc1)C(C)(C)N)n1ccnc1. The van der Waals surface area contributed by atoms with Crippen LogP contribution in [-0.4, -0.2) is 20.3 Å². The van der Waals surface area contributed by atoms with E-state index in [2.05, 4.69) is 75.4 Å². The molecule has 0 saturated carbocycles. The third-order valence-electron chi connectivity index (χ3n) is 4.39. The van der Waals surface area contributed by atoms with Gasteiger partial charge in [-0.2, -0.15) is 0 Å². The predicted molar refractivity (Wildman–Crippen MR) is 105 cm³/mol. The molecule has 0 aliphatic rings. The minimum absolute atomic E-state index is 0.179. The summed E-state index contributed by atoms with van der Waals surface area (Å²) in [5.74, 6) is 0. The van der Waals surface area contributed by atoms with Crippen LogP contribution in [0.25, 0.3) is 0 Å². The Morgan fingerprint density at radius 2 is 1.75 bits per heavy atom. The van der Waals surface area contributed by atoms with E-state index < -0.39 is 0 Å². The summed E-state index contributed by atoms with van der Waals surface area (Å²) in [6.07, 6.45) is 6.80. The molecule has 2 N–H and O–H groups in total. The van der Waals surface area contributed by atoms with E-state index in [1.165, 1.54) is 10.5 Å². The summed E-state index contributed by atoms with van der Waals surface area (Å²) in [7, 11) is 0. The number of hydrogen-bond acceptors (Lipinski definition) is 3. The number of benzene rings is 1. The highest BCUT2D eigenvalue weighted by atomic mass is 32.2. The van der Waals surface area contributed by atoms with Crippen molar-refractivity contribution >= 4 is 11.8 Å². The van der Waals surface area contributed by atoms with Crippen LogP contribution in [-0.2, 0) is 5.41 Å². The largest absolute Gasteiger partial charge is 0.333 e. The molecule has 1 aromatic carbocycles. The molecule has 4 heteroatoms. The first-order valence-corrected chi connectivity index (χ1v) is 9.54. The first kappa shape index (κ1) is 19.1. The van der Waals surface area contributed by atoms with Crippen molar-refractivity contribution in [3.63, 3.8) is 0 Å². The van der Waals surface area contributed by atoms with Gasteiger partial charge in [0.25, 0.3) is 0 Å². The van der Waals surface area contributed by atoms with Gasteiger partial charge in [0.2, 0.25) is 0 Å². The smallest absolute Gasteiger partial charge is 0.0948 e. The molecule has 1 heterocycles. The van der Waals surface area contributed by atoms with Crippen molar-refractivity contribution in [2.75, 3.05) is 0 Å². The molecule has 24 heavy (non-hydrogen) atoms. The van der Waals surface area contributed by atoms with Crippen molar-refractivity contribution in [2.45, 2.75) is 75.1 Å². The van der Waals surface area contributed by atoms with Gasteiger partial charge in [0.05, 0.1) is 6.33 Å². The van der Waals surface area contributed by atoms with Crippen LogP contribution < -0.4 is 5.73 Å². The van der Waals surface area contributed by atoms with Crippen LogP contribution in [0.2, 0.25) is 0 Å². The van der Waals surface area contributed by atoms with E-state index in [0.717, 1.165) is 6.42 Å². The van der Waals surface area contributed by atoms with Crippen molar-refractivity contribution < 1.29 is 0 Å². The zero-order chi connectivity index (χ0) is 18.0. The van der Waals surface area contributed by atoms with Crippen LogP contribution in [0.5, 0.6) is 0 Å². The Balaban J connectivity index is 2.27. The molecule has 0 aliphatic heterocycles. The lowest BCUT2D eigenvalue weighted by molar-refractivity contribution is 0.362. The first-order chi connectivity index (χ1) is 11.1. The van der Waals surface area contributed by atoms with Gasteiger partial charge in [-0.25, -0.2) is 4.98 Å². The Morgan fingerprint density at radius 1 is 1.12 bits per heavy atom. The molecule has 0 aliphatic carbocycles. The van der Waals surface area contributed by atoms with E-state index >= 15 is 0 Å². The van der Waals surface area contributed by atoms with E-state index in [0.29, 0.717) is 6.04 Å². The molecule has 0 amide bonds. The highest BCUT2D eigenvalue weighted by Crippen LogP contribution is 2.38. The number of hydrogen-bond donors (Lipinski definition) is 1. The van der Waals surface area contributed by atoms with Gasteiger partial charge in [0.1, 0.15) is 0 Å². The highest BCUT2D eigenvalue weighted by molar-refractivity contribution is 8.00. The Morgan fingerprint density at radius 3 is 2.17 bits per heavy atom. The summed E-state index contributed by atoms with van der Waals surface area (Å²) in [6, 6.07) is 9.25. The lowest BCUT2D eigenvalue weighted by Gasteiger charge is -2.37. The molecule has 0 radical (unpaired) electrons. The number of thioether (sulfide) groups is 1. The molecule has 2 rings (SSSR count). The van der Waals surface area contributed by atoms with Crippen LogP contribution >= 0.6 is 11.8 Å². The molecular formula is C20H31N3S. The maximum Gasteiger partial charge on any atom is 0.0948 e. The van der Waals surface area contributed by atoms with Crippen molar-refractivity contribution in [1.29, 1.82) is 0 Å². The van der Waals surface area contributed by atoms with Crippen molar-refractivity contribution in [3.8, 4) is 0 Å².